The van der Waals surface area contributed by atoms with E-state index in [1.54, 1.807) is 0 Å². The van der Waals surface area contributed by atoms with Crippen LogP contribution in [0.1, 0.15) is 42.4 Å². The number of carbonyl (C=O) groups excluding carboxylic acids is 1. The van der Waals surface area contributed by atoms with Crippen LogP contribution in [0.25, 0.3) is 0 Å². The first-order valence-corrected chi connectivity index (χ1v) is 9.28. The summed E-state index contributed by atoms with van der Waals surface area (Å²) in [6.45, 7) is 6.06. The summed E-state index contributed by atoms with van der Waals surface area (Å²) >= 11 is 0. The van der Waals surface area contributed by atoms with Crippen LogP contribution >= 0.6 is 0 Å². The Bertz CT molecular complexity index is 762. The van der Waals surface area contributed by atoms with Crippen LogP contribution in [0.5, 0.6) is 11.5 Å². The van der Waals surface area contributed by atoms with Crippen molar-refractivity contribution in [1.29, 1.82) is 0 Å². The van der Waals surface area contributed by atoms with Gasteiger partial charge in [-0.2, -0.15) is 0 Å². The van der Waals surface area contributed by atoms with Gasteiger partial charge in [0.15, 0.2) is 6.61 Å². The molecule has 1 amide bonds. The minimum absolute atomic E-state index is 0.00986. The highest BCUT2D eigenvalue weighted by Crippen LogP contribution is 2.25. The van der Waals surface area contributed by atoms with Crippen LogP contribution in [0.4, 0.5) is 5.69 Å². The molecule has 138 valence electrons. The number of ether oxygens (including phenoxy) is 2. The maximum Gasteiger partial charge on any atom is 0.262 e. The van der Waals surface area contributed by atoms with Gasteiger partial charge in [0, 0.05) is 5.69 Å². The molecule has 4 heteroatoms. The van der Waals surface area contributed by atoms with E-state index in [2.05, 4.69) is 11.4 Å². The molecular formula is C22H27NO3. The van der Waals surface area contributed by atoms with E-state index in [1.807, 2.05) is 51.1 Å². The van der Waals surface area contributed by atoms with E-state index in [4.69, 9.17) is 9.47 Å². The predicted molar refractivity (Wildman–Crippen MR) is 104 cm³/mol. The van der Waals surface area contributed by atoms with Crippen LogP contribution in [-0.2, 0) is 4.79 Å². The molecule has 1 aliphatic carbocycles. The summed E-state index contributed by atoms with van der Waals surface area (Å²) in [6, 6.07) is 11.6. The molecule has 0 radical (unpaired) electrons. The number of carbonyl (C=O) groups is 1. The largest absolute Gasteiger partial charge is 0.490 e. The van der Waals surface area contributed by atoms with Gasteiger partial charge in [-0.1, -0.05) is 6.07 Å². The number of nitrogens with one attached hydrogen (secondary N) is 1. The van der Waals surface area contributed by atoms with Crippen molar-refractivity contribution in [2.75, 3.05) is 11.9 Å². The predicted octanol–water partition coefficient (Wildman–Crippen LogP) is 4.95. The van der Waals surface area contributed by atoms with Gasteiger partial charge in [0.05, 0.1) is 6.10 Å². The minimum atomic E-state index is -0.173. The van der Waals surface area contributed by atoms with E-state index in [9.17, 15) is 4.79 Å². The highest BCUT2D eigenvalue weighted by Gasteiger charge is 2.16. The number of aryl methyl sites for hydroxylation is 2. The second-order valence-electron chi connectivity index (χ2n) is 7.09. The third kappa shape index (κ3) is 4.78. The molecular weight excluding hydrogens is 326 g/mol. The maximum atomic E-state index is 12.2. The first-order valence-electron chi connectivity index (χ1n) is 9.28. The van der Waals surface area contributed by atoms with Crippen molar-refractivity contribution >= 4 is 11.6 Å². The summed E-state index contributed by atoms with van der Waals surface area (Å²) in [4.78, 5) is 12.2. The molecule has 1 saturated carbocycles. The molecule has 26 heavy (non-hydrogen) atoms. The summed E-state index contributed by atoms with van der Waals surface area (Å²) < 4.78 is 11.6. The first-order chi connectivity index (χ1) is 12.5. The normalized spacial score (nSPS) is 14.3. The second kappa shape index (κ2) is 8.26. The van der Waals surface area contributed by atoms with E-state index < -0.39 is 0 Å². The van der Waals surface area contributed by atoms with E-state index in [0.717, 1.165) is 41.2 Å². The third-order valence-corrected chi connectivity index (χ3v) is 4.87. The van der Waals surface area contributed by atoms with Crippen LogP contribution < -0.4 is 14.8 Å². The molecule has 0 aliphatic heterocycles. The molecule has 0 bridgehead atoms. The lowest BCUT2D eigenvalue weighted by Gasteiger charge is -2.14. The molecule has 0 heterocycles. The zero-order valence-corrected chi connectivity index (χ0v) is 15.8. The fraction of sp³-hybridized carbons (Fsp3) is 0.409. The summed E-state index contributed by atoms with van der Waals surface area (Å²) in [7, 11) is 0. The monoisotopic (exact) mass is 353 g/mol. The van der Waals surface area contributed by atoms with Crippen molar-refractivity contribution in [3.8, 4) is 11.5 Å². The van der Waals surface area contributed by atoms with Gasteiger partial charge < -0.3 is 14.8 Å². The highest BCUT2D eigenvalue weighted by molar-refractivity contribution is 5.91. The summed E-state index contributed by atoms with van der Waals surface area (Å²) in [5, 5.41) is 2.86. The summed E-state index contributed by atoms with van der Waals surface area (Å²) in [5.41, 5.74) is 4.10. The molecule has 1 fully saturated rings. The second-order valence-corrected chi connectivity index (χ2v) is 7.09. The van der Waals surface area contributed by atoms with E-state index >= 15 is 0 Å². The molecule has 0 spiro atoms. The molecule has 1 aliphatic rings. The van der Waals surface area contributed by atoms with Crippen molar-refractivity contribution in [2.45, 2.75) is 52.6 Å². The number of benzene rings is 2. The van der Waals surface area contributed by atoms with Gasteiger partial charge in [-0.05, 0) is 93.5 Å². The Hall–Kier alpha value is -2.49. The SMILES string of the molecule is Cc1cc(C)c(C)c(OCC(=O)Nc2ccc(OC3CCCC3)cc2)c1. The molecule has 0 saturated heterocycles. The van der Waals surface area contributed by atoms with Gasteiger partial charge in [0.2, 0.25) is 0 Å². The zero-order valence-electron chi connectivity index (χ0n) is 15.8. The summed E-state index contributed by atoms with van der Waals surface area (Å²) in [6.07, 6.45) is 5.10. The molecule has 0 atom stereocenters. The van der Waals surface area contributed by atoms with Crippen molar-refractivity contribution in [3.63, 3.8) is 0 Å². The Morgan fingerprint density at radius 2 is 1.77 bits per heavy atom. The van der Waals surface area contributed by atoms with Crippen molar-refractivity contribution in [3.05, 3.63) is 53.1 Å². The number of hydrogen-bond acceptors (Lipinski definition) is 3. The lowest BCUT2D eigenvalue weighted by molar-refractivity contribution is -0.118. The van der Waals surface area contributed by atoms with E-state index in [0.29, 0.717) is 6.10 Å². The minimum Gasteiger partial charge on any atom is -0.490 e. The third-order valence-electron chi connectivity index (χ3n) is 4.87. The van der Waals surface area contributed by atoms with Crippen LogP contribution in [0.3, 0.4) is 0 Å². The average molecular weight is 353 g/mol. The summed E-state index contributed by atoms with van der Waals surface area (Å²) in [5.74, 6) is 1.45. The van der Waals surface area contributed by atoms with E-state index in [1.165, 1.54) is 18.4 Å². The molecule has 2 aromatic carbocycles. The van der Waals surface area contributed by atoms with Crippen molar-refractivity contribution < 1.29 is 14.3 Å². The molecule has 3 rings (SSSR count). The lowest BCUT2D eigenvalue weighted by atomic mass is 10.1. The number of anilines is 1. The van der Waals surface area contributed by atoms with Crippen LogP contribution in [0, 0.1) is 20.8 Å². The smallest absolute Gasteiger partial charge is 0.262 e. The van der Waals surface area contributed by atoms with Gasteiger partial charge in [-0.3, -0.25) is 4.79 Å². The topological polar surface area (TPSA) is 47.6 Å². The van der Waals surface area contributed by atoms with Crippen LogP contribution in [0.15, 0.2) is 36.4 Å². The maximum absolute atomic E-state index is 12.2. The standard InChI is InChI=1S/C22H27NO3/c1-15-12-16(2)17(3)21(13-15)25-14-22(24)23-18-8-10-20(11-9-18)26-19-6-4-5-7-19/h8-13,19H,4-7,14H2,1-3H3,(H,23,24). The zero-order chi connectivity index (χ0) is 18.5. The molecule has 4 nitrogen and oxygen atoms in total. The number of rotatable bonds is 6. The molecule has 2 aromatic rings. The molecule has 1 N–H and O–H groups in total. The first kappa shape index (κ1) is 18.3. The van der Waals surface area contributed by atoms with Crippen LogP contribution in [-0.4, -0.2) is 18.6 Å². The van der Waals surface area contributed by atoms with E-state index in [-0.39, 0.29) is 12.5 Å². The number of amides is 1. The van der Waals surface area contributed by atoms with Gasteiger partial charge in [0.25, 0.3) is 5.91 Å². The average Bonchev–Trinajstić information content (AvgIpc) is 3.11. The Morgan fingerprint density at radius 1 is 1.08 bits per heavy atom. The highest BCUT2D eigenvalue weighted by atomic mass is 16.5. The van der Waals surface area contributed by atoms with Gasteiger partial charge in [-0.25, -0.2) is 0 Å². The van der Waals surface area contributed by atoms with Gasteiger partial charge >= 0.3 is 0 Å². The molecule has 0 aromatic heterocycles. The number of hydrogen-bond donors (Lipinski definition) is 1. The Labute approximate surface area is 155 Å². The van der Waals surface area contributed by atoms with Crippen molar-refractivity contribution in [2.24, 2.45) is 0 Å². The Kier molecular flexibility index (Phi) is 5.82. The van der Waals surface area contributed by atoms with Crippen molar-refractivity contribution in [1.82, 2.24) is 0 Å². The Balaban J connectivity index is 1.51. The fourth-order valence-electron chi connectivity index (χ4n) is 3.31. The lowest BCUT2D eigenvalue weighted by Crippen LogP contribution is -2.20. The Morgan fingerprint density at radius 3 is 2.46 bits per heavy atom. The fourth-order valence-corrected chi connectivity index (χ4v) is 3.31. The van der Waals surface area contributed by atoms with Gasteiger partial charge in [-0.15, -0.1) is 0 Å². The quantitative estimate of drug-likeness (QED) is 0.799. The van der Waals surface area contributed by atoms with Gasteiger partial charge in [0.1, 0.15) is 11.5 Å². The molecule has 0 unspecified atom stereocenters. The van der Waals surface area contributed by atoms with Crippen LogP contribution in [0.2, 0.25) is 0 Å².